The van der Waals surface area contributed by atoms with Crippen molar-refractivity contribution in [2.75, 3.05) is 27.3 Å². The molecular weight excluding hydrogens is 336 g/mol. The summed E-state index contributed by atoms with van der Waals surface area (Å²) < 4.78 is 10.7. The Bertz CT molecular complexity index is 697. The van der Waals surface area contributed by atoms with E-state index in [4.69, 9.17) is 9.47 Å². The van der Waals surface area contributed by atoms with E-state index < -0.39 is 0 Å². The van der Waals surface area contributed by atoms with E-state index in [-0.39, 0.29) is 0 Å². The quantitative estimate of drug-likeness (QED) is 0.766. The number of nitrogens with zero attached hydrogens (tertiary/aromatic N) is 1. The first-order valence-electron chi connectivity index (χ1n) is 9.91. The molecule has 0 amide bonds. The monoisotopic (exact) mass is 368 g/mol. The third kappa shape index (κ3) is 5.72. The van der Waals surface area contributed by atoms with Gasteiger partial charge in [-0.25, -0.2) is 0 Å². The number of nitrogens with one attached hydrogen (secondary N) is 1. The van der Waals surface area contributed by atoms with Crippen molar-refractivity contribution in [3.8, 4) is 11.5 Å². The standard InChI is InChI=1S/C23H32N2O2/c1-18(15-20-9-10-22(26-2)23(16-20)27-3)24-21-11-13-25(14-12-21)17-19-7-5-4-6-8-19/h4-10,16,18,21,24H,11-15,17H2,1-3H3. The highest BCUT2D eigenvalue weighted by atomic mass is 16.5. The number of likely N-dealkylation sites (tertiary alicyclic amines) is 1. The second kappa shape index (κ2) is 9.77. The molecule has 2 aromatic rings. The lowest BCUT2D eigenvalue weighted by Crippen LogP contribution is -2.45. The van der Waals surface area contributed by atoms with E-state index in [2.05, 4.69) is 59.6 Å². The maximum absolute atomic E-state index is 5.42. The van der Waals surface area contributed by atoms with Gasteiger partial charge in [0.15, 0.2) is 11.5 Å². The fourth-order valence-electron chi connectivity index (χ4n) is 3.92. The second-order valence-electron chi connectivity index (χ2n) is 7.50. The van der Waals surface area contributed by atoms with Gasteiger partial charge in [-0.05, 0) is 62.5 Å². The van der Waals surface area contributed by atoms with Gasteiger partial charge in [-0.3, -0.25) is 4.90 Å². The molecule has 1 fully saturated rings. The van der Waals surface area contributed by atoms with E-state index in [0.29, 0.717) is 12.1 Å². The molecule has 1 saturated heterocycles. The summed E-state index contributed by atoms with van der Waals surface area (Å²) in [6.07, 6.45) is 3.41. The number of rotatable bonds is 8. The Morgan fingerprint density at radius 1 is 0.963 bits per heavy atom. The van der Waals surface area contributed by atoms with Gasteiger partial charge >= 0.3 is 0 Å². The summed E-state index contributed by atoms with van der Waals surface area (Å²) in [5.41, 5.74) is 2.68. The number of piperidine rings is 1. The van der Waals surface area contributed by atoms with E-state index in [0.717, 1.165) is 37.6 Å². The number of benzene rings is 2. The zero-order chi connectivity index (χ0) is 19.1. The molecule has 0 aliphatic carbocycles. The average Bonchev–Trinajstić information content (AvgIpc) is 2.70. The number of hydrogen-bond acceptors (Lipinski definition) is 4. The fraction of sp³-hybridized carbons (Fsp3) is 0.478. The molecule has 146 valence electrons. The molecule has 1 aliphatic rings. The van der Waals surface area contributed by atoms with Crippen molar-refractivity contribution in [2.24, 2.45) is 0 Å². The van der Waals surface area contributed by atoms with Crippen LogP contribution in [0.1, 0.15) is 30.9 Å². The largest absolute Gasteiger partial charge is 0.493 e. The first kappa shape index (κ1) is 19.7. The molecule has 0 spiro atoms. The summed E-state index contributed by atoms with van der Waals surface area (Å²) in [7, 11) is 3.36. The van der Waals surface area contributed by atoms with Gasteiger partial charge in [0.2, 0.25) is 0 Å². The Morgan fingerprint density at radius 3 is 2.33 bits per heavy atom. The van der Waals surface area contributed by atoms with E-state index in [9.17, 15) is 0 Å². The molecule has 0 radical (unpaired) electrons. The lowest BCUT2D eigenvalue weighted by molar-refractivity contribution is 0.185. The highest BCUT2D eigenvalue weighted by molar-refractivity contribution is 5.43. The molecule has 1 heterocycles. The van der Waals surface area contributed by atoms with E-state index >= 15 is 0 Å². The lowest BCUT2D eigenvalue weighted by atomic mass is 10.0. The Balaban J connectivity index is 1.45. The van der Waals surface area contributed by atoms with Crippen molar-refractivity contribution < 1.29 is 9.47 Å². The number of methoxy groups -OCH3 is 2. The second-order valence-corrected chi connectivity index (χ2v) is 7.50. The van der Waals surface area contributed by atoms with Crippen LogP contribution in [0.25, 0.3) is 0 Å². The summed E-state index contributed by atoms with van der Waals surface area (Å²) >= 11 is 0. The van der Waals surface area contributed by atoms with Crippen molar-refractivity contribution in [3.63, 3.8) is 0 Å². The zero-order valence-corrected chi connectivity index (χ0v) is 16.8. The van der Waals surface area contributed by atoms with Crippen LogP contribution in [0, 0.1) is 0 Å². The molecule has 1 aliphatic heterocycles. The van der Waals surface area contributed by atoms with E-state index in [1.54, 1.807) is 14.2 Å². The summed E-state index contributed by atoms with van der Waals surface area (Å²) in [4.78, 5) is 2.56. The maximum atomic E-state index is 5.42. The average molecular weight is 369 g/mol. The van der Waals surface area contributed by atoms with Crippen LogP contribution >= 0.6 is 0 Å². The van der Waals surface area contributed by atoms with Crippen LogP contribution in [0.2, 0.25) is 0 Å². The minimum Gasteiger partial charge on any atom is -0.493 e. The van der Waals surface area contributed by atoms with E-state index in [1.165, 1.54) is 24.0 Å². The van der Waals surface area contributed by atoms with Crippen LogP contribution in [-0.2, 0) is 13.0 Å². The molecular formula is C23H32N2O2. The molecule has 1 unspecified atom stereocenters. The normalized spacial score (nSPS) is 16.9. The van der Waals surface area contributed by atoms with Crippen LogP contribution in [-0.4, -0.2) is 44.3 Å². The first-order chi connectivity index (χ1) is 13.2. The third-order valence-corrected chi connectivity index (χ3v) is 5.35. The molecule has 4 heteroatoms. The van der Waals surface area contributed by atoms with Crippen molar-refractivity contribution in [3.05, 3.63) is 59.7 Å². The minimum absolute atomic E-state index is 0.439. The van der Waals surface area contributed by atoms with Crippen LogP contribution < -0.4 is 14.8 Å². The molecule has 0 saturated carbocycles. The topological polar surface area (TPSA) is 33.7 Å². The van der Waals surface area contributed by atoms with Gasteiger partial charge in [0.05, 0.1) is 14.2 Å². The molecule has 0 aromatic heterocycles. The van der Waals surface area contributed by atoms with Crippen molar-refractivity contribution in [1.29, 1.82) is 0 Å². The summed E-state index contributed by atoms with van der Waals surface area (Å²) in [6.45, 7) is 5.66. The van der Waals surface area contributed by atoms with E-state index in [1.807, 2.05) is 6.07 Å². The summed E-state index contributed by atoms with van der Waals surface area (Å²) in [5.74, 6) is 1.59. The van der Waals surface area contributed by atoms with Gasteiger partial charge in [0, 0.05) is 18.6 Å². The Labute approximate surface area is 163 Å². The van der Waals surface area contributed by atoms with Gasteiger partial charge in [0.25, 0.3) is 0 Å². The van der Waals surface area contributed by atoms with Crippen molar-refractivity contribution >= 4 is 0 Å². The van der Waals surface area contributed by atoms with Crippen LogP contribution in [0.5, 0.6) is 11.5 Å². The predicted octanol–water partition coefficient (Wildman–Crippen LogP) is 3.89. The number of hydrogen-bond donors (Lipinski definition) is 1. The lowest BCUT2D eigenvalue weighted by Gasteiger charge is -2.34. The van der Waals surface area contributed by atoms with Crippen molar-refractivity contribution in [2.45, 2.75) is 44.8 Å². The molecule has 4 nitrogen and oxygen atoms in total. The van der Waals surface area contributed by atoms with Crippen molar-refractivity contribution in [1.82, 2.24) is 10.2 Å². The minimum atomic E-state index is 0.439. The molecule has 1 N–H and O–H groups in total. The molecule has 3 rings (SSSR count). The molecule has 1 atom stereocenters. The Kier molecular flexibility index (Phi) is 7.13. The Morgan fingerprint density at radius 2 is 1.67 bits per heavy atom. The van der Waals surface area contributed by atoms with Gasteiger partial charge in [0.1, 0.15) is 0 Å². The number of ether oxygens (including phenoxy) is 2. The van der Waals surface area contributed by atoms with Crippen LogP contribution in [0.3, 0.4) is 0 Å². The summed E-state index contributed by atoms with van der Waals surface area (Å²) in [5, 5.41) is 3.82. The molecule has 2 aromatic carbocycles. The maximum Gasteiger partial charge on any atom is 0.160 e. The third-order valence-electron chi connectivity index (χ3n) is 5.35. The van der Waals surface area contributed by atoms with Gasteiger partial charge in [-0.1, -0.05) is 36.4 Å². The van der Waals surface area contributed by atoms with Gasteiger partial charge in [-0.15, -0.1) is 0 Å². The molecule has 27 heavy (non-hydrogen) atoms. The van der Waals surface area contributed by atoms with Crippen LogP contribution in [0.15, 0.2) is 48.5 Å². The smallest absolute Gasteiger partial charge is 0.160 e. The Hall–Kier alpha value is -2.04. The SMILES string of the molecule is COc1ccc(CC(C)NC2CCN(Cc3ccccc3)CC2)cc1OC. The highest BCUT2D eigenvalue weighted by Crippen LogP contribution is 2.28. The fourth-order valence-corrected chi connectivity index (χ4v) is 3.92. The van der Waals surface area contributed by atoms with Gasteiger partial charge in [-0.2, -0.15) is 0 Å². The summed E-state index contributed by atoms with van der Waals surface area (Å²) in [6, 6.07) is 18.0. The van der Waals surface area contributed by atoms with Gasteiger partial charge < -0.3 is 14.8 Å². The molecule has 0 bridgehead atoms. The highest BCUT2D eigenvalue weighted by Gasteiger charge is 2.20. The first-order valence-corrected chi connectivity index (χ1v) is 9.91. The zero-order valence-electron chi connectivity index (χ0n) is 16.8. The predicted molar refractivity (Wildman–Crippen MR) is 111 cm³/mol. The van der Waals surface area contributed by atoms with Crippen LogP contribution in [0.4, 0.5) is 0 Å².